The van der Waals surface area contributed by atoms with Crippen molar-refractivity contribution >= 4 is 17.1 Å². The first kappa shape index (κ1) is 43.6. The third kappa shape index (κ3) is 5.83. The Morgan fingerprint density at radius 3 is 1.39 bits per heavy atom. The van der Waals surface area contributed by atoms with Crippen molar-refractivity contribution in [1.29, 1.82) is 0 Å². The van der Waals surface area contributed by atoms with Crippen LogP contribution in [0.2, 0.25) is 0 Å². The van der Waals surface area contributed by atoms with E-state index in [1.165, 1.54) is 148 Å². The third-order valence-electron chi connectivity index (χ3n) is 18.1. The molecule has 0 amide bonds. The lowest BCUT2D eigenvalue weighted by Gasteiger charge is -2.34. The lowest BCUT2D eigenvalue weighted by Crippen LogP contribution is -2.27. The van der Waals surface area contributed by atoms with Gasteiger partial charge in [0.25, 0.3) is 0 Å². The summed E-state index contributed by atoms with van der Waals surface area (Å²) in [7, 11) is 0. The van der Waals surface area contributed by atoms with Gasteiger partial charge >= 0.3 is 0 Å². The minimum atomic E-state index is -0.513. The fraction of sp³-hybridized carbons (Fsp3) is 0.239. The van der Waals surface area contributed by atoms with E-state index in [9.17, 15) is 0 Å². The molecule has 9 aromatic carbocycles. The van der Waals surface area contributed by atoms with E-state index >= 15 is 0 Å². The van der Waals surface area contributed by atoms with Crippen LogP contribution in [0.1, 0.15) is 137 Å². The topological polar surface area (TPSA) is 3.24 Å². The summed E-state index contributed by atoms with van der Waals surface area (Å²) >= 11 is 0. The van der Waals surface area contributed by atoms with Crippen molar-refractivity contribution in [3.63, 3.8) is 0 Å². The number of hydrogen-bond acceptors (Lipinski definition) is 1. The smallest absolute Gasteiger partial charge is 0.0726 e. The van der Waals surface area contributed by atoms with Crippen LogP contribution in [0.15, 0.2) is 188 Å². The summed E-state index contributed by atoms with van der Waals surface area (Å²) in [6.45, 7) is 19.0. The van der Waals surface area contributed by atoms with Gasteiger partial charge in [0.15, 0.2) is 0 Å². The summed E-state index contributed by atoms with van der Waals surface area (Å²) in [5.41, 5.74) is 30.4. The molecular weight excluding hydrogens is 867 g/mol. The molecule has 72 heavy (non-hydrogen) atoms. The predicted molar refractivity (Wildman–Crippen MR) is 303 cm³/mol. The Morgan fingerprint density at radius 2 is 0.778 bits per heavy atom. The maximum Gasteiger partial charge on any atom is 0.0726 e. The van der Waals surface area contributed by atoms with Gasteiger partial charge in [0.05, 0.1) is 5.41 Å². The molecule has 0 N–H and O–H groups in total. The Labute approximate surface area is 427 Å². The van der Waals surface area contributed by atoms with Crippen LogP contribution in [-0.4, -0.2) is 0 Å². The molecule has 14 rings (SSSR count). The fourth-order valence-corrected chi connectivity index (χ4v) is 14.7. The molecule has 5 aliphatic carbocycles. The molecule has 9 aromatic rings. The van der Waals surface area contributed by atoms with Gasteiger partial charge in [-0.2, -0.15) is 0 Å². The maximum absolute atomic E-state index is 2.60. The summed E-state index contributed by atoms with van der Waals surface area (Å²) in [5, 5.41) is 0. The first-order valence-corrected chi connectivity index (χ1v) is 26.6. The Balaban J connectivity index is 1.03. The SMILES string of the molecule is CC(C)(C)c1ccc2c(c1)C1(c3ccccc3-c3ccc(N(c4cccc(-c5cccc6c5C(C)(C)c5ccccc5-6)c4)c4ccc5c(c4)C4(CCCC4)c4ccccc4-5)cc31)c1cc(C(C)(C)C)ccc1-2. The summed E-state index contributed by atoms with van der Waals surface area (Å²) < 4.78 is 0. The second-order valence-electron chi connectivity index (χ2n) is 24.4. The normalized spacial score (nSPS) is 16.4. The van der Waals surface area contributed by atoms with E-state index in [4.69, 9.17) is 0 Å². The van der Waals surface area contributed by atoms with Crippen molar-refractivity contribution in [2.45, 2.75) is 108 Å². The standard InChI is InChI=1S/C71H63N/c1-67(2,3)45-29-33-55-56-34-30-46(68(4,5)6)41-64(56)71(63(55)40-45)61-28-14-11-22-52(61)57-36-32-49(43-65(57)71)72(48-31-35-54-51-21-10-13-27-60(51)70(62(54)42-48)37-15-16-38-70)47-20-17-19-44(39-47)50-24-18-25-58-53-23-9-12-26-59(53)69(7,8)66(50)58/h9-14,17-36,39-43H,15-16,37-38H2,1-8H3. The number of fused-ring (bicyclic) bond motifs is 18. The van der Waals surface area contributed by atoms with E-state index in [1.54, 1.807) is 0 Å². The van der Waals surface area contributed by atoms with Crippen LogP contribution in [0.5, 0.6) is 0 Å². The molecule has 0 unspecified atom stereocenters. The predicted octanol–water partition coefficient (Wildman–Crippen LogP) is 18.9. The molecule has 0 atom stereocenters. The third-order valence-corrected chi connectivity index (χ3v) is 18.1. The summed E-state index contributed by atoms with van der Waals surface area (Å²) in [4.78, 5) is 2.60. The zero-order valence-corrected chi connectivity index (χ0v) is 43.2. The van der Waals surface area contributed by atoms with Gasteiger partial charge in [-0.25, -0.2) is 0 Å². The van der Waals surface area contributed by atoms with Gasteiger partial charge in [-0.3, -0.25) is 0 Å². The highest BCUT2D eigenvalue weighted by Gasteiger charge is 2.53. The summed E-state index contributed by atoms with van der Waals surface area (Å²) in [5.74, 6) is 0. The van der Waals surface area contributed by atoms with Crippen molar-refractivity contribution < 1.29 is 0 Å². The number of anilines is 3. The van der Waals surface area contributed by atoms with Crippen molar-refractivity contribution in [3.05, 3.63) is 244 Å². The monoisotopic (exact) mass is 929 g/mol. The van der Waals surface area contributed by atoms with Crippen LogP contribution >= 0.6 is 0 Å². The van der Waals surface area contributed by atoms with Gasteiger partial charge in [-0.15, -0.1) is 0 Å². The van der Waals surface area contributed by atoms with Gasteiger partial charge in [0.1, 0.15) is 0 Å². The molecule has 0 radical (unpaired) electrons. The van der Waals surface area contributed by atoms with E-state index in [0.717, 1.165) is 5.69 Å². The Hall–Kier alpha value is -7.22. The van der Waals surface area contributed by atoms with E-state index in [0.29, 0.717) is 0 Å². The molecule has 0 bridgehead atoms. The molecule has 1 nitrogen and oxygen atoms in total. The Morgan fingerprint density at radius 1 is 0.347 bits per heavy atom. The van der Waals surface area contributed by atoms with Crippen LogP contribution in [0.4, 0.5) is 17.1 Å². The molecule has 0 aliphatic heterocycles. The minimum Gasteiger partial charge on any atom is -0.310 e. The Kier molecular flexibility index (Phi) is 9.03. The molecule has 352 valence electrons. The molecule has 1 fully saturated rings. The van der Waals surface area contributed by atoms with Crippen LogP contribution in [-0.2, 0) is 27.1 Å². The van der Waals surface area contributed by atoms with Crippen LogP contribution in [0, 0.1) is 0 Å². The molecular formula is C71H63N. The first-order valence-electron chi connectivity index (χ1n) is 26.6. The summed E-state index contributed by atoms with van der Waals surface area (Å²) in [6, 6.07) is 73.8. The highest BCUT2D eigenvalue weighted by Crippen LogP contribution is 2.65. The van der Waals surface area contributed by atoms with Crippen molar-refractivity contribution in [2.24, 2.45) is 0 Å². The van der Waals surface area contributed by atoms with E-state index in [1.807, 2.05) is 0 Å². The maximum atomic E-state index is 2.60. The molecule has 1 saturated carbocycles. The first-order chi connectivity index (χ1) is 34.7. The highest BCUT2D eigenvalue weighted by atomic mass is 15.1. The zero-order valence-electron chi connectivity index (χ0n) is 43.2. The number of rotatable bonds is 4. The average molecular weight is 930 g/mol. The molecule has 0 aromatic heterocycles. The number of hydrogen-bond donors (Lipinski definition) is 0. The zero-order chi connectivity index (χ0) is 49.1. The second-order valence-corrected chi connectivity index (χ2v) is 24.4. The molecule has 5 aliphatic rings. The van der Waals surface area contributed by atoms with Crippen LogP contribution in [0.3, 0.4) is 0 Å². The van der Waals surface area contributed by atoms with E-state index < -0.39 is 5.41 Å². The van der Waals surface area contributed by atoms with Crippen molar-refractivity contribution in [2.75, 3.05) is 4.90 Å². The fourth-order valence-electron chi connectivity index (χ4n) is 14.7. The number of benzene rings is 9. The minimum absolute atomic E-state index is 0.0209. The van der Waals surface area contributed by atoms with E-state index in [2.05, 4.69) is 248 Å². The quantitative estimate of drug-likeness (QED) is 0.170. The van der Waals surface area contributed by atoms with Crippen molar-refractivity contribution in [1.82, 2.24) is 0 Å². The number of nitrogens with zero attached hydrogens (tertiary/aromatic N) is 1. The molecule has 0 saturated heterocycles. The lowest BCUT2D eigenvalue weighted by molar-refractivity contribution is 0.550. The van der Waals surface area contributed by atoms with Crippen molar-refractivity contribution in [3.8, 4) is 55.6 Å². The molecule has 1 heteroatoms. The lowest BCUT2D eigenvalue weighted by atomic mass is 9.68. The Bertz CT molecular complexity index is 3700. The van der Waals surface area contributed by atoms with Gasteiger partial charge in [0, 0.05) is 27.9 Å². The van der Waals surface area contributed by atoms with Crippen LogP contribution < -0.4 is 4.90 Å². The van der Waals surface area contributed by atoms with E-state index in [-0.39, 0.29) is 21.7 Å². The summed E-state index contributed by atoms with van der Waals surface area (Å²) in [6.07, 6.45) is 4.91. The average Bonchev–Trinajstić information content (AvgIpc) is 4.18. The molecule has 0 heterocycles. The van der Waals surface area contributed by atoms with Gasteiger partial charge in [-0.1, -0.05) is 220 Å². The van der Waals surface area contributed by atoms with Crippen LogP contribution in [0.25, 0.3) is 55.6 Å². The second kappa shape index (κ2) is 14.9. The van der Waals surface area contributed by atoms with Gasteiger partial charge in [-0.05, 0) is 171 Å². The van der Waals surface area contributed by atoms with Gasteiger partial charge in [0.2, 0.25) is 0 Å². The molecule has 2 spiro atoms. The highest BCUT2D eigenvalue weighted by molar-refractivity contribution is 5.98. The van der Waals surface area contributed by atoms with Gasteiger partial charge < -0.3 is 4.90 Å². The largest absolute Gasteiger partial charge is 0.310 e.